The second-order valence-corrected chi connectivity index (χ2v) is 8.40. The zero-order valence-corrected chi connectivity index (χ0v) is 14.9. The van der Waals surface area contributed by atoms with Crippen LogP contribution in [0.25, 0.3) is 0 Å². The van der Waals surface area contributed by atoms with Crippen molar-refractivity contribution in [1.29, 1.82) is 0 Å². The van der Waals surface area contributed by atoms with E-state index >= 15 is 0 Å². The van der Waals surface area contributed by atoms with Crippen molar-refractivity contribution in [2.75, 3.05) is 41.6 Å². The van der Waals surface area contributed by atoms with E-state index in [0.717, 1.165) is 44.7 Å². The molecule has 1 aromatic carbocycles. The minimum absolute atomic E-state index is 0.131. The highest BCUT2D eigenvalue weighted by Crippen LogP contribution is 2.31. The summed E-state index contributed by atoms with van der Waals surface area (Å²) in [6, 6.07) is 7.46. The minimum atomic E-state index is -3.25. The van der Waals surface area contributed by atoms with Crippen molar-refractivity contribution in [2.24, 2.45) is 5.92 Å². The standard InChI is InChI=1S/C17H25N3O3S/c1-2-13-24(22,23)18-15-5-7-16(8-6-15)19-9-11-20(12-10-19)17(21)14-3-4-14/h5-8,14,18H,2-4,9-13H2,1H3. The summed E-state index contributed by atoms with van der Waals surface area (Å²) in [5, 5.41) is 0. The first kappa shape index (κ1) is 17.1. The molecule has 0 unspecified atom stereocenters. The van der Waals surface area contributed by atoms with Gasteiger partial charge in [-0.2, -0.15) is 0 Å². The summed E-state index contributed by atoms with van der Waals surface area (Å²) in [7, 11) is -3.25. The lowest BCUT2D eigenvalue weighted by Gasteiger charge is -2.36. The van der Waals surface area contributed by atoms with Crippen LogP contribution < -0.4 is 9.62 Å². The van der Waals surface area contributed by atoms with Gasteiger partial charge in [0.05, 0.1) is 5.75 Å². The molecule has 3 rings (SSSR count). The molecule has 1 amide bonds. The van der Waals surface area contributed by atoms with Crippen molar-refractivity contribution in [1.82, 2.24) is 4.90 Å². The van der Waals surface area contributed by atoms with E-state index in [9.17, 15) is 13.2 Å². The van der Waals surface area contributed by atoms with Gasteiger partial charge in [-0.3, -0.25) is 9.52 Å². The molecule has 1 N–H and O–H groups in total. The second-order valence-electron chi connectivity index (χ2n) is 6.55. The Morgan fingerprint density at radius 3 is 2.29 bits per heavy atom. The van der Waals surface area contributed by atoms with Gasteiger partial charge in [-0.1, -0.05) is 6.92 Å². The van der Waals surface area contributed by atoms with E-state index in [1.807, 2.05) is 24.0 Å². The van der Waals surface area contributed by atoms with E-state index in [4.69, 9.17) is 0 Å². The smallest absolute Gasteiger partial charge is 0.232 e. The number of anilines is 2. The fraction of sp³-hybridized carbons (Fsp3) is 0.588. The Labute approximate surface area is 143 Å². The average molecular weight is 351 g/mol. The Morgan fingerprint density at radius 1 is 1.12 bits per heavy atom. The summed E-state index contributed by atoms with van der Waals surface area (Å²) < 4.78 is 26.2. The van der Waals surface area contributed by atoms with Gasteiger partial charge in [0, 0.05) is 43.5 Å². The van der Waals surface area contributed by atoms with E-state index in [1.54, 1.807) is 12.1 Å². The highest BCUT2D eigenvalue weighted by Gasteiger charge is 2.34. The van der Waals surface area contributed by atoms with Crippen molar-refractivity contribution in [2.45, 2.75) is 26.2 Å². The molecule has 1 aliphatic heterocycles. The third-order valence-corrected chi connectivity index (χ3v) is 5.99. The molecule has 1 heterocycles. The van der Waals surface area contributed by atoms with Crippen molar-refractivity contribution in [3.8, 4) is 0 Å². The highest BCUT2D eigenvalue weighted by molar-refractivity contribution is 7.92. The molecular weight excluding hydrogens is 326 g/mol. The predicted octanol–water partition coefficient (Wildman–Crippen LogP) is 1.90. The van der Waals surface area contributed by atoms with Crippen molar-refractivity contribution >= 4 is 27.3 Å². The van der Waals surface area contributed by atoms with Gasteiger partial charge in [-0.05, 0) is 43.5 Å². The van der Waals surface area contributed by atoms with Crippen LogP contribution in [0.5, 0.6) is 0 Å². The number of sulfonamides is 1. The third kappa shape index (κ3) is 4.20. The molecular formula is C17H25N3O3S. The number of piperazine rings is 1. The van der Waals surface area contributed by atoms with E-state index < -0.39 is 10.0 Å². The molecule has 1 saturated heterocycles. The van der Waals surface area contributed by atoms with E-state index in [2.05, 4.69) is 9.62 Å². The Morgan fingerprint density at radius 2 is 1.75 bits per heavy atom. The largest absolute Gasteiger partial charge is 0.368 e. The van der Waals surface area contributed by atoms with Gasteiger partial charge in [-0.25, -0.2) is 8.42 Å². The van der Waals surface area contributed by atoms with Crippen molar-refractivity contribution in [3.63, 3.8) is 0 Å². The number of amides is 1. The maximum atomic E-state index is 12.1. The normalized spacial score (nSPS) is 18.5. The number of hydrogen-bond acceptors (Lipinski definition) is 4. The molecule has 0 spiro atoms. The van der Waals surface area contributed by atoms with Crippen LogP contribution in [0.15, 0.2) is 24.3 Å². The van der Waals surface area contributed by atoms with Crippen LogP contribution in [0.3, 0.4) is 0 Å². The molecule has 0 aromatic heterocycles. The first-order chi connectivity index (χ1) is 11.5. The summed E-state index contributed by atoms with van der Waals surface area (Å²) >= 11 is 0. The van der Waals surface area contributed by atoms with Crippen molar-refractivity contribution < 1.29 is 13.2 Å². The Hall–Kier alpha value is -1.76. The average Bonchev–Trinajstić information content (AvgIpc) is 3.39. The van der Waals surface area contributed by atoms with E-state index in [-0.39, 0.29) is 11.7 Å². The third-order valence-electron chi connectivity index (χ3n) is 4.50. The molecule has 24 heavy (non-hydrogen) atoms. The summed E-state index contributed by atoms with van der Waals surface area (Å²) in [6.07, 6.45) is 2.69. The Balaban J connectivity index is 1.55. The lowest BCUT2D eigenvalue weighted by Crippen LogP contribution is -2.49. The zero-order valence-electron chi connectivity index (χ0n) is 14.1. The van der Waals surface area contributed by atoms with Gasteiger partial charge >= 0.3 is 0 Å². The molecule has 132 valence electrons. The van der Waals surface area contributed by atoms with Gasteiger partial charge < -0.3 is 9.80 Å². The summed E-state index contributed by atoms with van der Waals surface area (Å²) in [5.41, 5.74) is 1.65. The Bertz CT molecular complexity index is 676. The number of carbonyl (C=O) groups excluding carboxylic acids is 1. The number of nitrogens with zero attached hydrogens (tertiary/aromatic N) is 2. The second kappa shape index (κ2) is 7.01. The van der Waals surface area contributed by atoms with Crippen LogP contribution in [0.2, 0.25) is 0 Å². The van der Waals surface area contributed by atoms with Gasteiger partial charge in [0.2, 0.25) is 15.9 Å². The molecule has 6 nitrogen and oxygen atoms in total. The van der Waals surface area contributed by atoms with Crippen LogP contribution in [0.4, 0.5) is 11.4 Å². The van der Waals surface area contributed by atoms with Crippen LogP contribution in [0.1, 0.15) is 26.2 Å². The van der Waals surface area contributed by atoms with Gasteiger partial charge in [0.15, 0.2) is 0 Å². The Kier molecular flexibility index (Phi) is 4.99. The lowest BCUT2D eigenvalue weighted by molar-refractivity contribution is -0.132. The van der Waals surface area contributed by atoms with E-state index in [1.165, 1.54) is 0 Å². The molecule has 2 aliphatic rings. The monoisotopic (exact) mass is 351 g/mol. The number of carbonyl (C=O) groups is 1. The maximum Gasteiger partial charge on any atom is 0.232 e. The fourth-order valence-electron chi connectivity index (χ4n) is 3.01. The number of benzene rings is 1. The van der Waals surface area contributed by atoms with Crippen LogP contribution in [0, 0.1) is 5.92 Å². The van der Waals surface area contributed by atoms with Crippen LogP contribution in [-0.4, -0.2) is 51.2 Å². The molecule has 1 saturated carbocycles. The fourth-order valence-corrected chi connectivity index (χ4v) is 4.15. The molecule has 1 aromatic rings. The quantitative estimate of drug-likeness (QED) is 0.850. The van der Waals surface area contributed by atoms with Crippen LogP contribution >= 0.6 is 0 Å². The number of hydrogen-bond donors (Lipinski definition) is 1. The molecule has 0 atom stereocenters. The maximum absolute atomic E-state index is 12.1. The molecule has 2 fully saturated rings. The number of rotatable bonds is 6. The summed E-state index contributed by atoms with van der Waals surface area (Å²) in [6.45, 7) is 5.01. The van der Waals surface area contributed by atoms with Crippen LogP contribution in [-0.2, 0) is 14.8 Å². The molecule has 7 heteroatoms. The highest BCUT2D eigenvalue weighted by atomic mass is 32.2. The first-order valence-electron chi connectivity index (χ1n) is 8.63. The molecule has 0 radical (unpaired) electrons. The summed E-state index contributed by atoms with van der Waals surface area (Å²) in [4.78, 5) is 16.3. The molecule has 0 bridgehead atoms. The minimum Gasteiger partial charge on any atom is -0.368 e. The molecule has 1 aliphatic carbocycles. The summed E-state index contributed by atoms with van der Waals surface area (Å²) in [5.74, 6) is 0.730. The SMILES string of the molecule is CCCS(=O)(=O)Nc1ccc(N2CCN(C(=O)C3CC3)CC2)cc1. The predicted molar refractivity (Wildman–Crippen MR) is 95.7 cm³/mol. The first-order valence-corrected chi connectivity index (χ1v) is 10.3. The topological polar surface area (TPSA) is 69.7 Å². The van der Waals surface area contributed by atoms with Gasteiger partial charge in [0.25, 0.3) is 0 Å². The van der Waals surface area contributed by atoms with Crippen molar-refractivity contribution in [3.05, 3.63) is 24.3 Å². The van der Waals surface area contributed by atoms with Gasteiger partial charge in [-0.15, -0.1) is 0 Å². The zero-order chi connectivity index (χ0) is 17.2. The number of nitrogens with one attached hydrogen (secondary N) is 1. The van der Waals surface area contributed by atoms with Gasteiger partial charge in [0.1, 0.15) is 0 Å². The lowest BCUT2D eigenvalue weighted by atomic mass is 10.2. The van der Waals surface area contributed by atoms with E-state index in [0.29, 0.717) is 18.0 Å².